The van der Waals surface area contributed by atoms with Crippen LogP contribution in [-0.4, -0.2) is 9.55 Å². The van der Waals surface area contributed by atoms with Crippen molar-refractivity contribution >= 4 is 0 Å². The van der Waals surface area contributed by atoms with Gasteiger partial charge in [0.2, 0.25) is 0 Å². The number of hydrogen-bond donors (Lipinski definition) is 1. The average molecular weight is 300 g/mol. The number of nitrogens with zero attached hydrogens (tertiary/aromatic N) is 1. The lowest BCUT2D eigenvalue weighted by Gasteiger charge is -2.16. The zero-order chi connectivity index (χ0) is 16.3. The Morgan fingerprint density at radius 3 is 2.23 bits per heavy atom. The molecule has 0 fully saturated rings. The first-order valence-electron chi connectivity index (χ1n) is 7.80. The molecule has 2 aromatic rings. The van der Waals surface area contributed by atoms with E-state index >= 15 is 0 Å². The van der Waals surface area contributed by atoms with E-state index in [1.807, 2.05) is 58.0 Å². The zero-order valence-corrected chi connectivity index (χ0v) is 13.7. The molecule has 0 unspecified atom stereocenters. The topological polar surface area (TPSA) is 54.9 Å². The molecule has 0 saturated heterocycles. The summed E-state index contributed by atoms with van der Waals surface area (Å²) < 4.78 is 1.33. The van der Waals surface area contributed by atoms with Gasteiger partial charge in [-0.15, -0.1) is 0 Å². The van der Waals surface area contributed by atoms with Crippen molar-refractivity contribution in [1.82, 2.24) is 9.55 Å². The molecule has 1 aromatic heterocycles. The van der Waals surface area contributed by atoms with E-state index in [2.05, 4.69) is 4.98 Å². The molecule has 0 aliphatic rings. The summed E-state index contributed by atoms with van der Waals surface area (Å²) in [6.45, 7) is 8.42. The van der Waals surface area contributed by atoms with Crippen LogP contribution in [0.5, 0.6) is 0 Å². The van der Waals surface area contributed by atoms with E-state index in [4.69, 9.17) is 0 Å². The van der Waals surface area contributed by atoms with E-state index in [1.54, 1.807) is 0 Å². The van der Waals surface area contributed by atoms with Crippen molar-refractivity contribution in [3.8, 4) is 0 Å². The van der Waals surface area contributed by atoms with Gasteiger partial charge in [0.05, 0.1) is 0 Å². The molecule has 22 heavy (non-hydrogen) atoms. The van der Waals surface area contributed by atoms with Gasteiger partial charge in [0.25, 0.3) is 5.56 Å². The lowest BCUT2D eigenvalue weighted by Crippen LogP contribution is -2.40. The fraction of sp³-hybridized carbons (Fsp3) is 0.444. The van der Waals surface area contributed by atoms with Crippen LogP contribution in [0, 0.1) is 5.92 Å². The maximum Gasteiger partial charge on any atom is 0.328 e. The first-order chi connectivity index (χ1) is 10.4. The van der Waals surface area contributed by atoms with Crippen LogP contribution in [0.2, 0.25) is 0 Å². The van der Waals surface area contributed by atoms with Crippen molar-refractivity contribution in [2.24, 2.45) is 5.92 Å². The molecule has 0 radical (unpaired) electrons. The van der Waals surface area contributed by atoms with Gasteiger partial charge >= 0.3 is 5.69 Å². The molecule has 0 saturated carbocycles. The van der Waals surface area contributed by atoms with Crippen molar-refractivity contribution < 1.29 is 0 Å². The third-order valence-corrected chi connectivity index (χ3v) is 3.65. The first-order valence-corrected chi connectivity index (χ1v) is 7.80. The normalized spacial score (nSPS) is 11.4. The number of aromatic amines is 1. The number of nitrogens with one attached hydrogen (secondary N) is 1. The Morgan fingerprint density at radius 1 is 1.05 bits per heavy atom. The molecule has 0 spiro atoms. The highest BCUT2D eigenvalue weighted by Crippen LogP contribution is 2.16. The van der Waals surface area contributed by atoms with Gasteiger partial charge in [0.1, 0.15) is 0 Å². The Kier molecular flexibility index (Phi) is 5.01. The summed E-state index contributed by atoms with van der Waals surface area (Å²) >= 11 is 0. The summed E-state index contributed by atoms with van der Waals surface area (Å²) in [6, 6.07) is 9.88. The monoisotopic (exact) mass is 300 g/mol. The van der Waals surface area contributed by atoms with Gasteiger partial charge < -0.3 is 4.98 Å². The molecular weight excluding hydrogens is 276 g/mol. The number of hydrogen-bond acceptors (Lipinski definition) is 2. The van der Waals surface area contributed by atoms with Gasteiger partial charge in [0, 0.05) is 24.2 Å². The smallest absolute Gasteiger partial charge is 0.310 e. The minimum atomic E-state index is -0.311. The molecule has 1 N–H and O–H groups in total. The molecule has 0 amide bonds. The lowest BCUT2D eigenvalue weighted by molar-refractivity contribution is 0.485. The number of H-pyrrole nitrogens is 1. The van der Waals surface area contributed by atoms with E-state index in [0.29, 0.717) is 18.5 Å². The Hall–Kier alpha value is -2.10. The lowest BCUT2D eigenvalue weighted by atomic mass is 9.98. The number of benzene rings is 1. The van der Waals surface area contributed by atoms with Gasteiger partial charge in [-0.3, -0.25) is 9.36 Å². The molecule has 1 aromatic carbocycles. The van der Waals surface area contributed by atoms with Crippen molar-refractivity contribution in [1.29, 1.82) is 0 Å². The first kappa shape index (κ1) is 16.3. The molecule has 4 heteroatoms. The summed E-state index contributed by atoms with van der Waals surface area (Å²) in [5, 5.41) is 0. The van der Waals surface area contributed by atoms with E-state index < -0.39 is 0 Å². The molecule has 0 bridgehead atoms. The summed E-state index contributed by atoms with van der Waals surface area (Å²) in [5.74, 6) is 0.320. The van der Waals surface area contributed by atoms with Crippen molar-refractivity contribution in [3.63, 3.8) is 0 Å². The SMILES string of the molecule is CC(C)Cn1c(=O)[nH]c(Cc2ccccc2)c(C(C)C)c1=O. The van der Waals surface area contributed by atoms with Crippen LogP contribution in [-0.2, 0) is 13.0 Å². The molecule has 0 aliphatic carbocycles. The van der Waals surface area contributed by atoms with Gasteiger partial charge in [-0.1, -0.05) is 58.0 Å². The van der Waals surface area contributed by atoms with E-state index in [-0.39, 0.29) is 23.1 Å². The van der Waals surface area contributed by atoms with Crippen molar-refractivity contribution in [2.75, 3.05) is 0 Å². The fourth-order valence-electron chi connectivity index (χ4n) is 2.70. The van der Waals surface area contributed by atoms with Gasteiger partial charge in [-0.25, -0.2) is 4.79 Å². The van der Waals surface area contributed by atoms with Crippen molar-refractivity contribution in [2.45, 2.75) is 46.6 Å². The summed E-state index contributed by atoms with van der Waals surface area (Å²) in [4.78, 5) is 27.9. The Balaban J connectivity index is 2.55. The van der Waals surface area contributed by atoms with E-state index in [1.165, 1.54) is 4.57 Å². The van der Waals surface area contributed by atoms with Gasteiger partial charge in [-0.2, -0.15) is 0 Å². The molecule has 118 valence electrons. The standard InChI is InChI=1S/C18H24N2O2/c1-12(2)11-20-17(21)16(13(3)4)15(19-18(20)22)10-14-8-6-5-7-9-14/h5-9,12-13H,10-11H2,1-4H3,(H,19,22). The highest BCUT2D eigenvalue weighted by Gasteiger charge is 2.17. The van der Waals surface area contributed by atoms with Gasteiger partial charge in [-0.05, 0) is 17.4 Å². The fourth-order valence-corrected chi connectivity index (χ4v) is 2.70. The largest absolute Gasteiger partial charge is 0.328 e. The molecule has 2 rings (SSSR count). The maximum absolute atomic E-state index is 12.7. The number of rotatable bonds is 5. The predicted octanol–water partition coefficient (Wildman–Crippen LogP) is 2.91. The quantitative estimate of drug-likeness (QED) is 0.923. The molecule has 0 atom stereocenters. The van der Waals surface area contributed by atoms with Crippen LogP contribution in [0.4, 0.5) is 0 Å². The third-order valence-electron chi connectivity index (χ3n) is 3.65. The Bertz CT molecular complexity index is 740. The summed E-state index contributed by atoms with van der Waals surface area (Å²) in [6.07, 6.45) is 0.571. The minimum Gasteiger partial charge on any atom is -0.310 e. The molecular formula is C18H24N2O2. The second kappa shape index (κ2) is 6.77. The molecule has 0 aliphatic heterocycles. The highest BCUT2D eigenvalue weighted by molar-refractivity contribution is 5.28. The van der Waals surface area contributed by atoms with Crippen LogP contribution in [0.25, 0.3) is 0 Å². The minimum absolute atomic E-state index is 0.0708. The van der Waals surface area contributed by atoms with Crippen LogP contribution >= 0.6 is 0 Å². The van der Waals surface area contributed by atoms with Crippen LogP contribution in [0.3, 0.4) is 0 Å². The average Bonchev–Trinajstić information content (AvgIpc) is 2.43. The summed E-state index contributed by atoms with van der Waals surface area (Å²) in [7, 11) is 0. The number of aromatic nitrogens is 2. The summed E-state index contributed by atoms with van der Waals surface area (Å²) in [5.41, 5.74) is 2.06. The predicted molar refractivity (Wildman–Crippen MR) is 89.5 cm³/mol. The highest BCUT2D eigenvalue weighted by atomic mass is 16.2. The second-order valence-electron chi connectivity index (χ2n) is 6.45. The van der Waals surface area contributed by atoms with Crippen LogP contribution in [0.1, 0.15) is 50.4 Å². The maximum atomic E-state index is 12.7. The Morgan fingerprint density at radius 2 is 1.68 bits per heavy atom. The van der Waals surface area contributed by atoms with Gasteiger partial charge in [0.15, 0.2) is 0 Å². The van der Waals surface area contributed by atoms with E-state index in [9.17, 15) is 9.59 Å². The molecule has 4 nitrogen and oxygen atoms in total. The van der Waals surface area contributed by atoms with Crippen LogP contribution < -0.4 is 11.2 Å². The third kappa shape index (κ3) is 3.56. The Labute approximate surface area is 130 Å². The molecule has 1 heterocycles. The second-order valence-corrected chi connectivity index (χ2v) is 6.45. The van der Waals surface area contributed by atoms with Crippen molar-refractivity contribution in [3.05, 3.63) is 68.0 Å². The van der Waals surface area contributed by atoms with E-state index in [0.717, 1.165) is 11.3 Å². The zero-order valence-electron chi connectivity index (χ0n) is 13.7. The van der Waals surface area contributed by atoms with Crippen LogP contribution in [0.15, 0.2) is 39.9 Å².